The van der Waals surface area contributed by atoms with E-state index in [0.29, 0.717) is 0 Å². The van der Waals surface area contributed by atoms with Crippen molar-refractivity contribution < 1.29 is 4.79 Å². The second-order valence-corrected chi connectivity index (χ2v) is 1.25. The Morgan fingerprint density at radius 2 is 2.12 bits per heavy atom. The summed E-state index contributed by atoms with van der Waals surface area (Å²) in [4.78, 5) is 9.86. The fourth-order valence-electron chi connectivity index (χ4n) is 0.254. The molecular formula is C6H8NO. The molecule has 0 spiro atoms. The van der Waals surface area contributed by atoms with Crippen molar-refractivity contribution in [2.75, 3.05) is 0 Å². The smallest absolute Gasteiger partial charge is 0.262 e. The fourth-order valence-corrected chi connectivity index (χ4v) is 0.254. The minimum atomic E-state index is -0.664. The van der Waals surface area contributed by atoms with Gasteiger partial charge in [0.25, 0.3) is 5.91 Å². The highest BCUT2D eigenvalue weighted by atomic mass is 16.1. The van der Waals surface area contributed by atoms with E-state index in [1.54, 1.807) is 12.2 Å². The summed E-state index contributed by atoms with van der Waals surface area (Å²) in [5.74, 6) is -0.664. The summed E-state index contributed by atoms with van der Waals surface area (Å²) >= 11 is 0. The number of amides is 1. The second kappa shape index (κ2) is 4.12. The van der Waals surface area contributed by atoms with Crippen LogP contribution in [0.15, 0.2) is 24.3 Å². The lowest BCUT2D eigenvalue weighted by atomic mass is 10.4. The summed E-state index contributed by atoms with van der Waals surface area (Å²) in [5, 5.41) is 0. The molecule has 0 fully saturated rings. The van der Waals surface area contributed by atoms with Crippen molar-refractivity contribution in [2.24, 2.45) is 0 Å². The number of nitrogens with one attached hydrogen (secondary N) is 1. The van der Waals surface area contributed by atoms with Gasteiger partial charge in [-0.05, 0) is 6.92 Å². The highest BCUT2D eigenvalue weighted by molar-refractivity contribution is 5.85. The first-order valence-electron chi connectivity index (χ1n) is 2.32. The summed E-state index contributed by atoms with van der Waals surface area (Å²) in [6.07, 6.45) is 6.22. The van der Waals surface area contributed by atoms with Gasteiger partial charge in [0, 0.05) is 6.08 Å². The van der Waals surface area contributed by atoms with E-state index in [0.717, 1.165) is 0 Å². The van der Waals surface area contributed by atoms with Gasteiger partial charge in [-0.2, -0.15) is 0 Å². The molecule has 1 radical (unpaired) electrons. The first-order valence-corrected chi connectivity index (χ1v) is 2.32. The van der Waals surface area contributed by atoms with Gasteiger partial charge in [-0.15, -0.1) is 0 Å². The standard InChI is InChI=1S/C6H8NO/c1-2-3-4-5-6(7)8/h2-5,7H,1H3/b3-2+,5-4+. The number of rotatable bonds is 2. The van der Waals surface area contributed by atoms with Crippen molar-refractivity contribution in [3.8, 4) is 0 Å². The predicted molar refractivity (Wildman–Crippen MR) is 32.1 cm³/mol. The Hall–Kier alpha value is -1.05. The Bertz CT molecular complexity index is 124. The van der Waals surface area contributed by atoms with Crippen LogP contribution < -0.4 is 5.73 Å². The van der Waals surface area contributed by atoms with E-state index in [4.69, 9.17) is 5.73 Å². The molecule has 8 heavy (non-hydrogen) atoms. The van der Waals surface area contributed by atoms with Crippen molar-refractivity contribution in [3.63, 3.8) is 0 Å². The quantitative estimate of drug-likeness (QED) is 0.385. The molecule has 2 nitrogen and oxygen atoms in total. The molecular weight excluding hydrogens is 102 g/mol. The molecule has 0 aliphatic rings. The van der Waals surface area contributed by atoms with Gasteiger partial charge in [0.05, 0.1) is 0 Å². The topological polar surface area (TPSA) is 40.9 Å². The molecule has 0 aromatic heterocycles. The van der Waals surface area contributed by atoms with Crippen LogP contribution in [0.3, 0.4) is 0 Å². The highest BCUT2D eigenvalue weighted by Gasteiger charge is 1.77. The van der Waals surface area contributed by atoms with Gasteiger partial charge >= 0.3 is 0 Å². The molecule has 0 aromatic carbocycles. The van der Waals surface area contributed by atoms with E-state index in [9.17, 15) is 4.79 Å². The summed E-state index contributed by atoms with van der Waals surface area (Å²) < 4.78 is 0. The van der Waals surface area contributed by atoms with Crippen molar-refractivity contribution in [1.29, 1.82) is 0 Å². The van der Waals surface area contributed by atoms with Crippen LogP contribution in [-0.2, 0) is 4.79 Å². The van der Waals surface area contributed by atoms with E-state index in [1.165, 1.54) is 12.2 Å². The molecule has 1 N–H and O–H groups in total. The number of allylic oxidation sites excluding steroid dienone is 3. The van der Waals surface area contributed by atoms with Crippen LogP contribution in [0.2, 0.25) is 0 Å². The van der Waals surface area contributed by atoms with Crippen LogP contribution in [0.5, 0.6) is 0 Å². The molecule has 2 heteroatoms. The zero-order valence-electron chi connectivity index (χ0n) is 4.72. The van der Waals surface area contributed by atoms with E-state index in [2.05, 4.69) is 0 Å². The van der Waals surface area contributed by atoms with Crippen molar-refractivity contribution in [1.82, 2.24) is 5.73 Å². The third-order valence-electron chi connectivity index (χ3n) is 0.551. The monoisotopic (exact) mass is 110 g/mol. The van der Waals surface area contributed by atoms with Crippen molar-refractivity contribution in [3.05, 3.63) is 24.3 Å². The molecule has 0 aromatic rings. The average molecular weight is 110 g/mol. The SMILES string of the molecule is C/C=C/C=C/C([NH])=O. The van der Waals surface area contributed by atoms with Gasteiger partial charge in [-0.1, -0.05) is 18.2 Å². The first-order chi connectivity index (χ1) is 3.77. The second-order valence-electron chi connectivity index (χ2n) is 1.25. The molecule has 0 bridgehead atoms. The number of carbonyl (C=O) groups excluding carboxylic acids is 1. The van der Waals surface area contributed by atoms with Crippen LogP contribution in [-0.4, -0.2) is 5.91 Å². The molecule has 43 valence electrons. The molecule has 0 rings (SSSR count). The maximum Gasteiger partial charge on any atom is 0.262 e. The maximum absolute atomic E-state index is 9.86. The maximum atomic E-state index is 9.86. The first kappa shape index (κ1) is 6.95. The van der Waals surface area contributed by atoms with Crippen LogP contribution >= 0.6 is 0 Å². The summed E-state index contributed by atoms with van der Waals surface area (Å²) in [6, 6.07) is 0. The fraction of sp³-hybridized carbons (Fsp3) is 0.167. The van der Waals surface area contributed by atoms with Crippen LogP contribution in [0, 0.1) is 0 Å². The van der Waals surface area contributed by atoms with E-state index >= 15 is 0 Å². The molecule has 0 heterocycles. The van der Waals surface area contributed by atoms with Crippen molar-refractivity contribution in [2.45, 2.75) is 6.92 Å². The van der Waals surface area contributed by atoms with Crippen LogP contribution in [0.4, 0.5) is 0 Å². The minimum absolute atomic E-state index is 0.664. The molecule has 0 saturated heterocycles. The Kier molecular flexibility index (Phi) is 3.58. The predicted octanol–water partition coefficient (Wildman–Crippen LogP) is 0.928. The minimum Gasteiger partial charge on any atom is -0.268 e. The Balaban J connectivity index is 3.50. The van der Waals surface area contributed by atoms with Gasteiger partial charge in [0.2, 0.25) is 0 Å². The number of hydrogen-bond donors (Lipinski definition) is 0. The van der Waals surface area contributed by atoms with Crippen LogP contribution in [0.1, 0.15) is 6.92 Å². The number of hydrogen-bond acceptors (Lipinski definition) is 1. The zero-order valence-corrected chi connectivity index (χ0v) is 4.72. The van der Waals surface area contributed by atoms with E-state index < -0.39 is 5.91 Å². The van der Waals surface area contributed by atoms with Crippen LogP contribution in [0.25, 0.3) is 0 Å². The summed E-state index contributed by atoms with van der Waals surface area (Å²) in [5.41, 5.74) is 6.40. The van der Waals surface area contributed by atoms with E-state index in [-0.39, 0.29) is 0 Å². The molecule has 0 unspecified atom stereocenters. The zero-order chi connectivity index (χ0) is 6.41. The van der Waals surface area contributed by atoms with Gasteiger partial charge in [0.1, 0.15) is 0 Å². The lowest BCUT2D eigenvalue weighted by molar-refractivity contribution is -0.114. The third kappa shape index (κ3) is 4.95. The highest BCUT2D eigenvalue weighted by Crippen LogP contribution is 1.74. The summed E-state index contributed by atoms with van der Waals surface area (Å²) in [6.45, 7) is 1.85. The lowest BCUT2D eigenvalue weighted by Crippen LogP contribution is -1.88. The van der Waals surface area contributed by atoms with Gasteiger partial charge in [-0.25, -0.2) is 0 Å². The van der Waals surface area contributed by atoms with Gasteiger partial charge in [0.15, 0.2) is 0 Å². The molecule has 1 amide bonds. The number of carbonyl (C=O) groups is 1. The third-order valence-corrected chi connectivity index (χ3v) is 0.551. The van der Waals surface area contributed by atoms with Gasteiger partial charge in [-0.3, -0.25) is 10.5 Å². The van der Waals surface area contributed by atoms with Gasteiger partial charge < -0.3 is 0 Å². The summed E-state index contributed by atoms with van der Waals surface area (Å²) in [7, 11) is 0. The molecule has 0 aliphatic heterocycles. The normalized spacial score (nSPS) is 11.1. The van der Waals surface area contributed by atoms with E-state index in [1.807, 2.05) is 6.92 Å². The Morgan fingerprint density at radius 1 is 1.50 bits per heavy atom. The lowest BCUT2D eigenvalue weighted by Gasteiger charge is -1.71. The molecule has 0 saturated carbocycles. The Labute approximate surface area is 48.7 Å². The molecule has 0 atom stereocenters. The van der Waals surface area contributed by atoms with Crippen molar-refractivity contribution >= 4 is 5.91 Å². The average Bonchev–Trinajstić information content (AvgIpc) is 1.66. The molecule has 0 aliphatic carbocycles. The largest absolute Gasteiger partial charge is 0.268 e. The Morgan fingerprint density at radius 3 is 2.50 bits per heavy atom.